The maximum atomic E-state index is 5.81. The molecule has 5 heterocycles. The topological polar surface area (TPSA) is 38.8 Å². The Bertz CT molecular complexity index is 3680. The van der Waals surface area contributed by atoms with Gasteiger partial charge < -0.3 is 39.2 Å². The van der Waals surface area contributed by atoms with E-state index in [4.69, 9.17) is 4.98 Å². The van der Waals surface area contributed by atoms with E-state index >= 15 is 0 Å². The van der Waals surface area contributed by atoms with Crippen molar-refractivity contribution < 1.29 is 0 Å². The average molecular weight is 988 g/mol. The van der Waals surface area contributed by atoms with Crippen LogP contribution in [0.25, 0.3) is 20.8 Å². The highest BCUT2D eigenvalue weighted by Gasteiger charge is 2.43. The van der Waals surface area contributed by atoms with E-state index in [2.05, 4.69) is 292 Å². The molecule has 0 unspecified atom stereocenters. The van der Waals surface area contributed by atoms with Crippen molar-refractivity contribution in [3.05, 3.63) is 224 Å². The lowest BCUT2D eigenvalue weighted by molar-refractivity contribution is 1.09. The molecule has 0 spiro atoms. The second-order valence-corrected chi connectivity index (χ2v) is 20.5. The quantitative estimate of drug-likeness (QED) is 0.168. The first-order valence-corrected chi connectivity index (χ1v) is 26.2. The summed E-state index contributed by atoms with van der Waals surface area (Å²) < 4.78 is 1.11. The van der Waals surface area contributed by atoms with Gasteiger partial charge in [0.1, 0.15) is 5.01 Å². The van der Waals surface area contributed by atoms with Gasteiger partial charge in [-0.05, 0) is 115 Å². The molecule has 4 aliphatic heterocycles. The van der Waals surface area contributed by atoms with Gasteiger partial charge in [-0.2, -0.15) is 0 Å². The third-order valence-corrected chi connectivity index (χ3v) is 16.6. The van der Waals surface area contributed by atoms with Crippen LogP contribution in [-0.4, -0.2) is 33.2 Å². The molecule has 360 valence electrons. The third-order valence-electron chi connectivity index (χ3n) is 15.5. The van der Waals surface area contributed by atoms with Crippen molar-refractivity contribution in [2.24, 2.45) is 0 Å². The van der Waals surface area contributed by atoms with E-state index in [1.807, 2.05) is 0 Å². The van der Waals surface area contributed by atoms with E-state index in [0.29, 0.717) is 0 Å². The van der Waals surface area contributed by atoms with Crippen LogP contribution in [0.3, 0.4) is 0 Å². The zero-order chi connectivity index (χ0) is 50.1. The van der Waals surface area contributed by atoms with Crippen molar-refractivity contribution >= 4 is 135 Å². The molecule has 9 nitrogen and oxygen atoms in total. The van der Waals surface area contributed by atoms with Gasteiger partial charge in [0.05, 0.1) is 130 Å². The minimum absolute atomic E-state index is 0.901. The van der Waals surface area contributed by atoms with Gasteiger partial charge in [-0.1, -0.05) is 109 Å². The highest BCUT2D eigenvalue weighted by molar-refractivity contribution is 7.21. The summed E-state index contributed by atoms with van der Waals surface area (Å²) in [6.45, 7) is 0. The number of aromatic nitrogens is 1. The Morgan fingerprint density at radius 1 is 0.267 bits per heavy atom. The zero-order valence-corrected chi connectivity index (χ0v) is 42.6. The molecule has 0 saturated heterocycles. The molecule has 11 aromatic rings. The molecule has 0 fully saturated rings. The molecule has 0 saturated carbocycles. The Balaban J connectivity index is 1.22. The number of anilines is 20. The van der Waals surface area contributed by atoms with Gasteiger partial charge in [0.25, 0.3) is 0 Å². The van der Waals surface area contributed by atoms with Crippen molar-refractivity contribution in [3.63, 3.8) is 0 Å². The molecule has 0 radical (unpaired) electrons. The van der Waals surface area contributed by atoms with Crippen molar-refractivity contribution in [1.82, 2.24) is 4.98 Å². The molecule has 0 bridgehead atoms. The number of rotatable bonds is 5. The molecule has 10 aromatic carbocycles. The van der Waals surface area contributed by atoms with E-state index in [-0.39, 0.29) is 0 Å². The number of nitrogens with zero attached hydrogens (tertiary/aromatic N) is 9. The molecule has 10 heteroatoms. The fraction of sp³-hybridized carbons (Fsp3) is 0.0615. The number of fused-ring (bicyclic) bond motifs is 9. The van der Waals surface area contributed by atoms with Crippen LogP contribution < -0.4 is 39.2 Å². The number of hydrogen-bond donors (Lipinski definition) is 0. The molecule has 75 heavy (non-hydrogen) atoms. The number of para-hydroxylation sites is 17. The van der Waals surface area contributed by atoms with Crippen molar-refractivity contribution in [1.29, 1.82) is 0 Å². The summed E-state index contributed by atoms with van der Waals surface area (Å²) in [4.78, 5) is 25.3. The van der Waals surface area contributed by atoms with Crippen molar-refractivity contribution in [3.8, 4) is 10.6 Å². The van der Waals surface area contributed by atoms with E-state index < -0.39 is 0 Å². The van der Waals surface area contributed by atoms with Gasteiger partial charge in [0.2, 0.25) is 0 Å². The summed E-state index contributed by atoms with van der Waals surface area (Å²) in [7, 11) is 8.74. The molecule has 0 N–H and O–H groups in total. The Morgan fingerprint density at radius 3 is 0.787 bits per heavy atom. The summed E-state index contributed by atoms with van der Waals surface area (Å²) in [5, 5.41) is 0.901. The highest BCUT2D eigenvalue weighted by atomic mass is 32.1. The summed E-state index contributed by atoms with van der Waals surface area (Å²) in [6, 6.07) is 81.8. The minimum Gasteiger partial charge on any atom is -0.341 e. The van der Waals surface area contributed by atoms with Crippen LogP contribution in [0.5, 0.6) is 0 Å². The summed E-state index contributed by atoms with van der Waals surface area (Å²) in [5.74, 6) is 0. The molecular weight excluding hydrogens is 939 g/mol. The molecule has 4 aliphatic rings. The molecule has 0 amide bonds. The predicted molar refractivity (Wildman–Crippen MR) is 316 cm³/mol. The lowest BCUT2D eigenvalue weighted by Crippen LogP contribution is -2.31. The van der Waals surface area contributed by atoms with Crippen molar-refractivity contribution in [2.75, 3.05) is 67.4 Å². The van der Waals surface area contributed by atoms with Crippen LogP contribution in [-0.2, 0) is 0 Å². The number of thiazole rings is 1. The molecule has 0 aliphatic carbocycles. The lowest BCUT2D eigenvalue weighted by Gasteiger charge is -2.47. The first-order chi connectivity index (χ1) is 36.9. The Kier molecular flexibility index (Phi) is 9.49. The normalized spacial score (nSPS) is 13.9. The van der Waals surface area contributed by atoms with Gasteiger partial charge in [-0.15, -0.1) is 11.3 Å². The number of benzene rings is 10. The second kappa shape index (κ2) is 16.5. The van der Waals surface area contributed by atoms with Gasteiger partial charge >= 0.3 is 0 Å². The highest BCUT2D eigenvalue weighted by Crippen LogP contribution is 2.67. The summed E-state index contributed by atoms with van der Waals surface area (Å²) in [5.41, 5.74) is 23.3. The standard InChI is InChI=1S/C65H49N9S/c1-67-43-24-6-14-32-51(43)71(52-33-15-7-25-44(52)67)59-41-60(72-53-34-16-8-26-45(53)68(2)46-27-9-17-35-54(46)72)64(74-57-38-20-12-30-49(57)70(4)50-31-13-21-39-58(50)74)62(65-66-42-23-5-22-40-61(42)75-65)63(59)73-55-36-18-10-28-47(55)69(3)48-29-11-19-37-56(48)73/h5-41H,1-4H3. The van der Waals surface area contributed by atoms with Gasteiger partial charge in [-0.3, -0.25) is 0 Å². The van der Waals surface area contributed by atoms with Crippen LogP contribution in [0.1, 0.15) is 0 Å². The van der Waals surface area contributed by atoms with Gasteiger partial charge in [0, 0.05) is 28.2 Å². The van der Waals surface area contributed by atoms with Crippen LogP contribution in [0.2, 0.25) is 0 Å². The van der Waals surface area contributed by atoms with Gasteiger partial charge in [-0.25, -0.2) is 4.98 Å². The average Bonchev–Trinajstić information content (AvgIpc) is 3.91. The first kappa shape index (κ1) is 43.1. The maximum absolute atomic E-state index is 5.81. The van der Waals surface area contributed by atoms with Crippen LogP contribution in [0.4, 0.5) is 114 Å². The molecule has 1 aromatic heterocycles. The first-order valence-electron chi connectivity index (χ1n) is 25.4. The summed E-state index contributed by atoms with van der Waals surface area (Å²) >= 11 is 1.75. The van der Waals surface area contributed by atoms with Crippen LogP contribution in [0.15, 0.2) is 224 Å². The molecular formula is C65H49N9S. The Hall–Kier alpha value is -9.51. The smallest absolute Gasteiger partial charge is 0.129 e. The van der Waals surface area contributed by atoms with Crippen LogP contribution >= 0.6 is 11.3 Å². The fourth-order valence-electron chi connectivity index (χ4n) is 12.1. The SMILES string of the molecule is CN1c2ccccc2N(c2cc(N3c4ccccc4N(C)c4ccccc43)c(N3c4ccccc4N(C)c4ccccc43)c(-c3nc4ccccc4s3)c2N2c3ccccc3N(C)c3ccccc32)c2ccccc21. The van der Waals surface area contributed by atoms with Crippen molar-refractivity contribution in [2.45, 2.75) is 0 Å². The Labute approximate surface area is 440 Å². The largest absolute Gasteiger partial charge is 0.341 e. The monoisotopic (exact) mass is 987 g/mol. The summed E-state index contributed by atoms with van der Waals surface area (Å²) in [6.07, 6.45) is 0. The zero-order valence-electron chi connectivity index (χ0n) is 41.8. The fourth-order valence-corrected chi connectivity index (χ4v) is 13.2. The minimum atomic E-state index is 0.901. The van der Waals surface area contributed by atoms with Crippen LogP contribution in [0, 0.1) is 0 Å². The number of hydrogen-bond acceptors (Lipinski definition) is 10. The molecule has 15 rings (SSSR count). The van der Waals surface area contributed by atoms with E-state index in [1.165, 1.54) is 0 Å². The maximum Gasteiger partial charge on any atom is 0.129 e. The molecule has 0 atom stereocenters. The van der Waals surface area contributed by atoms with Gasteiger partial charge in [0.15, 0.2) is 0 Å². The van der Waals surface area contributed by atoms with E-state index in [1.54, 1.807) is 11.3 Å². The van der Waals surface area contributed by atoms with E-state index in [0.717, 1.165) is 135 Å². The van der Waals surface area contributed by atoms with E-state index in [9.17, 15) is 0 Å². The third kappa shape index (κ3) is 6.20. The second-order valence-electron chi connectivity index (χ2n) is 19.5. The predicted octanol–water partition coefficient (Wildman–Crippen LogP) is 18.2. The Morgan fingerprint density at radius 2 is 0.507 bits per heavy atom. The lowest BCUT2D eigenvalue weighted by atomic mass is 9.95.